The van der Waals surface area contributed by atoms with Gasteiger partial charge < -0.3 is 9.47 Å². The number of amides is 2. The van der Waals surface area contributed by atoms with Gasteiger partial charge >= 0.3 is 0 Å². The van der Waals surface area contributed by atoms with Crippen LogP contribution in [0.4, 0.5) is 0 Å². The number of carbonyl (C=O) groups is 2. The molecule has 2 amide bonds. The van der Waals surface area contributed by atoms with Crippen LogP contribution in [0.3, 0.4) is 0 Å². The zero-order valence-corrected chi connectivity index (χ0v) is 23.0. The van der Waals surface area contributed by atoms with E-state index in [1.54, 1.807) is 42.5 Å². The smallest absolute Gasteiger partial charge is 0.285 e. The molecule has 1 saturated heterocycles. The minimum Gasteiger partial charge on any atom is -0.490 e. The Hall–Kier alpha value is -2.85. The first kappa shape index (κ1) is 26.2. The van der Waals surface area contributed by atoms with Gasteiger partial charge in [0, 0.05) is 4.47 Å². The van der Waals surface area contributed by atoms with Gasteiger partial charge in [0.15, 0.2) is 15.8 Å². The summed E-state index contributed by atoms with van der Waals surface area (Å²) < 4.78 is 12.9. The third-order valence-electron chi connectivity index (χ3n) is 4.97. The van der Waals surface area contributed by atoms with Gasteiger partial charge in [0.2, 0.25) is 0 Å². The van der Waals surface area contributed by atoms with E-state index in [0.717, 1.165) is 32.4 Å². The van der Waals surface area contributed by atoms with Crippen LogP contribution in [0.5, 0.6) is 11.5 Å². The lowest BCUT2D eigenvalue weighted by Crippen LogP contribution is -2.44. The molecule has 10 heteroatoms. The second-order valence-corrected chi connectivity index (χ2v) is 10.5. The Bertz CT molecular complexity index is 1370. The molecular formula is C26H20BrClN2O4S2. The van der Waals surface area contributed by atoms with E-state index in [1.165, 1.54) is 0 Å². The molecule has 1 heterocycles. The number of halogens is 2. The highest BCUT2D eigenvalue weighted by Gasteiger charge is 2.34. The van der Waals surface area contributed by atoms with Crippen molar-refractivity contribution in [2.24, 2.45) is 0 Å². The van der Waals surface area contributed by atoms with Crippen LogP contribution >= 0.6 is 51.5 Å². The molecule has 0 atom stereocenters. The van der Waals surface area contributed by atoms with Gasteiger partial charge in [-0.25, -0.2) is 0 Å². The quantitative estimate of drug-likeness (QED) is 0.230. The molecule has 1 aliphatic rings. The van der Waals surface area contributed by atoms with Gasteiger partial charge in [0.25, 0.3) is 11.8 Å². The van der Waals surface area contributed by atoms with E-state index in [4.69, 9.17) is 33.3 Å². The Morgan fingerprint density at radius 1 is 1.11 bits per heavy atom. The fourth-order valence-corrected chi connectivity index (χ4v) is 5.16. The van der Waals surface area contributed by atoms with E-state index in [0.29, 0.717) is 29.6 Å². The number of rotatable bonds is 8. The zero-order chi connectivity index (χ0) is 25.7. The van der Waals surface area contributed by atoms with Crippen LogP contribution in [0, 0.1) is 0 Å². The van der Waals surface area contributed by atoms with Crippen LogP contribution in [0.2, 0.25) is 5.02 Å². The van der Waals surface area contributed by atoms with Crippen molar-refractivity contribution in [2.75, 3.05) is 6.61 Å². The predicted octanol–water partition coefficient (Wildman–Crippen LogP) is 6.63. The highest BCUT2D eigenvalue weighted by molar-refractivity contribution is 9.10. The molecular weight excluding hydrogens is 584 g/mol. The Balaban J connectivity index is 1.49. The lowest BCUT2D eigenvalue weighted by molar-refractivity contribution is -0.123. The summed E-state index contributed by atoms with van der Waals surface area (Å²) in [7, 11) is 0. The van der Waals surface area contributed by atoms with Crippen LogP contribution in [0.25, 0.3) is 6.08 Å². The molecule has 6 nitrogen and oxygen atoms in total. The minimum atomic E-state index is -0.524. The maximum Gasteiger partial charge on any atom is 0.285 e. The predicted molar refractivity (Wildman–Crippen MR) is 150 cm³/mol. The first-order valence-electron chi connectivity index (χ1n) is 10.8. The molecule has 0 saturated carbocycles. The molecule has 4 rings (SSSR count). The van der Waals surface area contributed by atoms with Crippen molar-refractivity contribution in [1.29, 1.82) is 0 Å². The van der Waals surface area contributed by atoms with Crippen LogP contribution in [0.1, 0.15) is 28.4 Å². The van der Waals surface area contributed by atoms with Crippen molar-refractivity contribution >= 4 is 73.7 Å². The van der Waals surface area contributed by atoms with Gasteiger partial charge in [0.05, 0.1) is 22.1 Å². The van der Waals surface area contributed by atoms with Crippen LogP contribution in [0.15, 0.2) is 76.1 Å². The van der Waals surface area contributed by atoms with Gasteiger partial charge in [0.1, 0.15) is 6.61 Å². The maximum absolute atomic E-state index is 13.0. The largest absolute Gasteiger partial charge is 0.490 e. The molecule has 1 fully saturated rings. The Morgan fingerprint density at radius 3 is 2.67 bits per heavy atom. The number of nitrogens with zero attached hydrogens (tertiary/aromatic N) is 1. The second kappa shape index (κ2) is 11.9. The fraction of sp³-hybridized carbons (Fsp3) is 0.115. The number of hydrogen-bond acceptors (Lipinski definition) is 6. The molecule has 0 aromatic heterocycles. The lowest BCUT2D eigenvalue weighted by Gasteiger charge is -2.16. The third kappa shape index (κ3) is 6.28. The average Bonchev–Trinajstić information content (AvgIpc) is 3.11. The van der Waals surface area contributed by atoms with E-state index < -0.39 is 11.8 Å². The summed E-state index contributed by atoms with van der Waals surface area (Å²) in [5, 5.41) is 1.33. The minimum absolute atomic E-state index is 0.214. The standard InChI is InChI=1S/C26H20BrClN2O4S2/c1-2-33-22-13-16(10-11-21(22)34-15-17-6-5-7-18(27)12-17)14-23-25(32)30(26(35)36-23)29-24(31)19-8-3-4-9-20(19)28/h3-14H,2,15H2,1H3,(H,29,31)/b23-14+. The molecule has 36 heavy (non-hydrogen) atoms. The van der Waals surface area contributed by atoms with Gasteiger partial charge in [-0.3, -0.25) is 15.0 Å². The normalized spacial score (nSPS) is 14.3. The molecule has 184 valence electrons. The summed E-state index contributed by atoms with van der Waals surface area (Å²) in [5.41, 5.74) is 4.53. The van der Waals surface area contributed by atoms with Crippen molar-refractivity contribution < 1.29 is 19.1 Å². The monoisotopic (exact) mass is 602 g/mol. The summed E-state index contributed by atoms with van der Waals surface area (Å²) in [6.07, 6.45) is 1.70. The van der Waals surface area contributed by atoms with Crippen molar-refractivity contribution in [3.05, 3.63) is 97.8 Å². The van der Waals surface area contributed by atoms with Crippen molar-refractivity contribution in [3.8, 4) is 11.5 Å². The van der Waals surface area contributed by atoms with Gasteiger partial charge in [-0.15, -0.1) is 0 Å². The lowest BCUT2D eigenvalue weighted by atomic mass is 10.1. The number of thiocarbonyl (C=S) groups is 1. The summed E-state index contributed by atoms with van der Waals surface area (Å²) >= 11 is 16.0. The van der Waals surface area contributed by atoms with Crippen molar-refractivity contribution in [1.82, 2.24) is 10.4 Å². The summed E-state index contributed by atoms with van der Waals surface area (Å²) in [5.74, 6) is 0.194. The van der Waals surface area contributed by atoms with E-state index >= 15 is 0 Å². The average molecular weight is 604 g/mol. The number of hydrazine groups is 1. The Morgan fingerprint density at radius 2 is 1.92 bits per heavy atom. The first-order chi connectivity index (χ1) is 17.4. The molecule has 0 bridgehead atoms. The number of benzene rings is 3. The number of hydrogen-bond donors (Lipinski definition) is 1. The van der Waals surface area contributed by atoms with Gasteiger partial charge in [-0.05, 0) is 72.7 Å². The van der Waals surface area contributed by atoms with Gasteiger partial charge in [-0.1, -0.05) is 69.6 Å². The van der Waals surface area contributed by atoms with Crippen LogP contribution in [-0.4, -0.2) is 27.8 Å². The summed E-state index contributed by atoms with van der Waals surface area (Å²) in [4.78, 5) is 25.9. The number of carbonyl (C=O) groups excluding carboxylic acids is 2. The van der Waals surface area contributed by atoms with Crippen molar-refractivity contribution in [3.63, 3.8) is 0 Å². The number of nitrogens with one attached hydrogen (secondary N) is 1. The topological polar surface area (TPSA) is 67.9 Å². The molecule has 3 aromatic rings. The molecule has 0 unspecified atom stereocenters. The SMILES string of the molecule is CCOc1cc(/C=C2/SC(=S)N(NC(=O)c3ccccc3Cl)C2=O)ccc1OCc1cccc(Br)c1. The first-order valence-corrected chi connectivity index (χ1v) is 13.2. The van der Waals surface area contributed by atoms with Crippen molar-refractivity contribution in [2.45, 2.75) is 13.5 Å². The maximum atomic E-state index is 13.0. The Labute approximate surface area is 231 Å². The van der Waals surface area contributed by atoms with E-state index in [-0.39, 0.29) is 14.9 Å². The molecule has 0 spiro atoms. The highest BCUT2D eigenvalue weighted by Crippen LogP contribution is 2.35. The van der Waals surface area contributed by atoms with Crippen LogP contribution < -0.4 is 14.9 Å². The number of thioether (sulfide) groups is 1. The number of ether oxygens (including phenoxy) is 2. The van der Waals surface area contributed by atoms with E-state index in [1.807, 2.05) is 37.3 Å². The molecule has 0 radical (unpaired) electrons. The third-order valence-corrected chi connectivity index (χ3v) is 7.10. The Kier molecular flexibility index (Phi) is 8.68. The van der Waals surface area contributed by atoms with Crippen LogP contribution in [-0.2, 0) is 11.4 Å². The van der Waals surface area contributed by atoms with E-state index in [9.17, 15) is 9.59 Å². The molecule has 1 aliphatic heterocycles. The van der Waals surface area contributed by atoms with E-state index in [2.05, 4.69) is 21.4 Å². The second-order valence-electron chi connectivity index (χ2n) is 7.50. The van der Waals surface area contributed by atoms with Gasteiger partial charge in [-0.2, -0.15) is 5.01 Å². The zero-order valence-electron chi connectivity index (χ0n) is 19.0. The summed E-state index contributed by atoms with van der Waals surface area (Å²) in [6, 6.07) is 19.9. The highest BCUT2D eigenvalue weighted by atomic mass is 79.9. The molecule has 3 aromatic carbocycles. The molecule has 0 aliphatic carbocycles. The summed E-state index contributed by atoms with van der Waals surface area (Å²) in [6.45, 7) is 2.72. The fourth-order valence-electron chi connectivity index (χ4n) is 3.31. The molecule has 1 N–H and O–H groups in total.